The first-order valence-electron chi connectivity index (χ1n) is 8.77. The van der Waals surface area contributed by atoms with Crippen LogP contribution < -0.4 is 5.32 Å². The molecule has 2 aliphatic rings. The zero-order valence-electron chi connectivity index (χ0n) is 15.7. The number of nitrogens with one attached hydrogen (secondary N) is 1. The number of aryl methyl sites for hydroxylation is 1. The normalized spacial score (nSPS) is 28.0. The van der Waals surface area contributed by atoms with Crippen LogP contribution in [0.25, 0.3) is 0 Å². The molecule has 2 unspecified atom stereocenters. The second-order valence-electron chi connectivity index (χ2n) is 9.02. The van der Waals surface area contributed by atoms with Crippen LogP contribution in [-0.4, -0.2) is 38.2 Å². The summed E-state index contributed by atoms with van der Waals surface area (Å²) in [6, 6.07) is 4.99. The Morgan fingerprint density at radius 2 is 1.92 bits per heavy atom. The summed E-state index contributed by atoms with van der Waals surface area (Å²) in [5.74, 6) is 0. The second kappa shape index (κ2) is 5.73. The fourth-order valence-electron chi connectivity index (χ4n) is 4.85. The van der Waals surface area contributed by atoms with Gasteiger partial charge in [0.2, 0.25) is 0 Å². The summed E-state index contributed by atoms with van der Waals surface area (Å²) in [5, 5.41) is 2.94. The molecule has 25 heavy (non-hydrogen) atoms. The lowest BCUT2D eigenvalue weighted by atomic mass is 9.65. The zero-order valence-corrected chi connectivity index (χ0v) is 16.5. The summed E-state index contributed by atoms with van der Waals surface area (Å²) >= 11 is 0. The summed E-state index contributed by atoms with van der Waals surface area (Å²) in [6.45, 7) is 9.45. The molecule has 1 saturated carbocycles. The second-order valence-corrected chi connectivity index (χ2v) is 11.0. The number of amides is 2. The van der Waals surface area contributed by atoms with E-state index in [4.69, 9.17) is 0 Å². The van der Waals surface area contributed by atoms with Crippen LogP contribution in [0.1, 0.15) is 45.6 Å². The number of benzene rings is 1. The van der Waals surface area contributed by atoms with Gasteiger partial charge in [-0.05, 0) is 54.7 Å². The van der Waals surface area contributed by atoms with E-state index < -0.39 is 9.84 Å². The molecule has 2 amide bonds. The van der Waals surface area contributed by atoms with Crippen molar-refractivity contribution in [2.45, 2.75) is 57.9 Å². The number of urea groups is 1. The summed E-state index contributed by atoms with van der Waals surface area (Å²) in [5.41, 5.74) is 1.85. The van der Waals surface area contributed by atoms with E-state index in [0.717, 1.165) is 31.4 Å². The fraction of sp³-hybridized carbons (Fsp3) is 0.632. The standard InChI is InChI=1S/C19H28N2O3S/c1-13-6-7-15(25(5,23)24)8-16(13)20-17(22)21-12-19(4)10-14(21)9-18(2,3)11-19/h6-8,14H,9-12H2,1-5H3,(H,20,22). The van der Waals surface area contributed by atoms with Crippen molar-refractivity contribution in [2.75, 3.05) is 18.1 Å². The number of fused-ring (bicyclic) bond motifs is 2. The molecular weight excluding hydrogens is 336 g/mol. The number of anilines is 1. The summed E-state index contributed by atoms with van der Waals surface area (Å²) in [4.78, 5) is 15.1. The molecule has 1 saturated heterocycles. The summed E-state index contributed by atoms with van der Waals surface area (Å²) in [6.07, 6.45) is 4.36. The first-order valence-corrected chi connectivity index (χ1v) is 10.7. The number of carbonyl (C=O) groups excluding carboxylic acids is 1. The lowest BCUT2D eigenvalue weighted by Gasteiger charge is -2.39. The van der Waals surface area contributed by atoms with Gasteiger partial charge in [0.15, 0.2) is 9.84 Å². The van der Waals surface area contributed by atoms with Crippen molar-refractivity contribution in [2.24, 2.45) is 10.8 Å². The fourth-order valence-corrected chi connectivity index (χ4v) is 5.50. The Labute approximate surface area is 150 Å². The number of likely N-dealkylation sites (tertiary alicyclic amines) is 1. The van der Waals surface area contributed by atoms with Crippen molar-refractivity contribution < 1.29 is 13.2 Å². The maximum atomic E-state index is 12.9. The van der Waals surface area contributed by atoms with Crippen LogP contribution in [0.4, 0.5) is 10.5 Å². The van der Waals surface area contributed by atoms with E-state index in [1.165, 1.54) is 6.26 Å². The molecule has 1 aromatic carbocycles. The molecule has 1 aliphatic heterocycles. The number of carbonyl (C=O) groups is 1. The molecule has 3 rings (SSSR count). The third kappa shape index (κ3) is 3.68. The average molecular weight is 365 g/mol. The van der Waals surface area contributed by atoms with Crippen LogP contribution in [0.15, 0.2) is 23.1 Å². The summed E-state index contributed by atoms with van der Waals surface area (Å²) < 4.78 is 23.6. The number of sulfone groups is 1. The quantitative estimate of drug-likeness (QED) is 0.867. The van der Waals surface area contributed by atoms with Gasteiger partial charge in [-0.15, -0.1) is 0 Å². The van der Waals surface area contributed by atoms with E-state index in [2.05, 4.69) is 26.1 Å². The topological polar surface area (TPSA) is 66.5 Å². The maximum Gasteiger partial charge on any atom is 0.322 e. The molecule has 138 valence electrons. The van der Waals surface area contributed by atoms with Gasteiger partial charge in [0.25, 0.3) is 0 Å². The number of hydrogen-bond acceptors (Lipinski definition) is 3. The highest BCUT2D eigenvalue weighted by Gasteiger charge is 2.51. The Balaban J connectivity index is 1.82. The molecule has 2 bridgehead atoms. The lowest BCUT2D eigenvalue weighted by Crippen LogP contribution is -2.40. The lowest BCUT2D eigenvalue weighted by molar-refractivity contribution is 0.130. The van der Waals surface area contributed by atoms with E-state index in [0.29, 0.717) is 5.69 Å². The van der Waals surface area contributed by atoms with Crippen molar-refractivity contribution in [1.82, 2.24) is 4.90 Å². The van der Waals surface area contributed by atoms with Crippen molar-refractivity contribution in [3.8, 4) is 0 Å². The smallest absolute Gasteiger partial charge is 0.321 e. The molecular formula is C19H28N2O3S. The first kappa shape index (κ1) is 18.2. The first-order chi connectivity index (χ1) is 11.4. The van der Waals surface area contributed by atoms with E-state index in [-0.39, 0.29) is 27.8 Å². The molecule has 1 aliphatic carbocycles. The molecule has 6 heteroatoms. The van der Waals surface area contributed by atoms with Crippen molar-refractivity contribution in [3.63, 3.8) is 0 Å². The van der Waals surface area contributed by atoms with Crippen LogP contribution in [0, 0.1) is 17.8 Å². The third-order valence-electron chi connectivity index (χ3n) is 5.55. The number of rotatable bonds is 2. The Kier molecular flexibility index (Phi) is 4.18. The monoisotopic (exact) mass is 364 g/mol. The zero-order chi connectivity index (χ0) is 18.6. The van der Waals surface area contributed by atoms with Crippen LogP contribution in [0.5, 0.6) is 0 Å². The van der Waals surface area contributed by atoms with E-state index >= 15 is 0 Å². The van der Waals surface area contributed by atoms with Crippen LogP contribution in [0.2, 0.25) is 0 Å². The molecule has 1 aromatic rings. The van der Waals surface area contributed by atoms with Gasteiger partial charge in [-0.3, -0.25) is 0 Å². The molecule has 1 N–H and O–H groups in total. The molecule has 0 aromatic heterocycles. The van der Waals surface area contributed by atoms with Crippen molar-refractivity contribution >= 4 is 21.6 Å². The number of nitrogens with zero attached hydrogens (tertiary/aromatic N) is 1. The minimum Gasteiger partial charge on any atom is -0.321 e. The van der Waals surface area contributed by atoms with Crippen LogP contribution in [0.3, 0.4) is 0 Å². The highest BCUT2D eigenvalue weighted by molar-refractivity contribution is 7.90. The van der Waals surface area contributed by atoms with Crippen molar-refractivity contribution in [3.05, 3.63) is 23.8 Å². The highest BCUT2D eigenvalue weighted by atomic mass is 32.2. The van der Waals surface area contributed by atoms with Gasteiger partial charge >= 0.3 is 6.03 Å². The minimum absolute atomic E-state index is 0.125. The molecule has 1 heterocycles. The molecule has 5 nitrogen and oxygen atoms in total. The average Bonchev–Trinajstić information content (AvgIpc) is 2.69. The van der Waals surface area contributed by atoms with E-state index in [1.807, 2.05) is 11.8 Å². The molecule has 0 radical (unpaired) electrons. The third-order valence-corrected chi connectivity index (χ3v) is 6.66. The Morgan fingerprint density at radius 3 is 2.56 bits per heavy atom. The van der Waals surface area contributed by atoms with E-state index in [1.54, 1.807) is 18.2 Å². The Bertz CT molecular complexity index is 816. The minimum atomic E-state index is -3.30. The molecule has 2 fully saturated rings. The van der Waals surface area contributed by atoms with Gasteiger partial charge in [0.05, 0.1) is 4.90 Å². The Morgan fingerprint density at radius 1 is 1.24 bits per heavy atom. The van der Waals surface area contributed by atoms with Gasteiger partial charge in [-0.2, -0.15) is 0 Å². The molecule has 2 atom stereocenters. The van der Waals surface area contributed by atoms with Crippen LogP contribution >= 0.6 is 0 Å². The number of hydrogen-bond donors (Lipinski definition) is 1. The van der Waals surface area contributed by atoms with Gasteiger partial charge < -0.3 is 10.2 Å². The summed E-state index contributed by atoms with van der Waals surface area (Å²) in [7, 11) is -3.30. The van der Waals surface area contributed by atoms with Crippen molar-refractivity contribution in [1.29, 1.82) is 0 Å². The van der Waals surface area contributed by atoms with E-state index in [9.17, 15) is 13.2 Å². The maximum absolute atomic E-state index is 12.9. The predicted molar refractivity (Wildman–Crippen MR) is 99.5 cm³/mol. The van der Waals surface area contributed by atoms with Crippen LogP contribution in [-0.2, 0) is 9.84 Å². The molecule has 0 spiro atoms. The SMILES string of the molecule is Cc1ccc(S(C)(=O)=O)cc1NC(=O)N1CC2(C)CC1CC(C)(C)C2. The van der Waals surface area contributed by atoms with Gasteiger partial charge in [0.1, 0.15) is 0 Å². The van der Waals surface area contributed by atoms with Gasteiger partial charge in [0, 0.05) is 24.5 Å². The largest absolute Gasteiger partial charge is 0.322 e. The predicted octanol–water partition coefficient (Wildman–Crippen LogP) is 3.83. The van der Waals surface area contributed by atoms with Gasteiger partial charge in [-0.1, -0.05) is 26.8 Å². The van der Waals surface area contributed by atoms with Gasteiger partial charge in [-0.25, -0.2) is 13.2 Å². The Hall–Kier alpha value is -1.56. The highest BCUT2D eigenvalue weighted by Crippen LogP contribution is 2.52.